The zero-order valence-electron chi connectivity index (χ0n) is 13.0. The molecule has 0 unspecified atom stereocenters. The summed E-state index contributed by atoms with van der Waals surface area (Å²) in [6.45, 7) is 5.65. The molecular weight excluding hydrogens is 282 g/mol. The van der Waals surface area contributed by atoms with E-state index in [9.17, 15) is 20.6 Å². The van der Waals surface area contributed by atoms with Crippen LogP contribution in [-0.2, 0) is 4.74 Å². The summed E-state index contributed by atoms with van der Waals surface area (Å²) in [7, 11) is 1.50. The molecule has 1 fully saturated rings. The zero-order chi connectivity index (χ0) is 16.8. The molecule has 1 aromatic rings. The minimum Gasteiger partial charge on any atom is -0.375 e. The Balaban J connectivity index is 2.57. The van der Waals surface area contributed by atoms with Gasteiger partial charge in [-0.2, -0.15) is 10.5 Å². The van der Waals surface area contributed by atoms with E-state index in [4.69, 9.17) is 4.74 Å². The van der Waals surface area contributed by atoms with Crippen molar-refractivity contribution in [3.63, 3.8) is 0 Å². The fourth-order valence-electron chi connectivity index (χ4n) is 3.77. The van der Waals surface area contributed by atoms with Gasteiger partial charge in [0, 0.05) is 30.6 Å². The molecule has 0 heterocycles. The van der Waals surface area contributed by atoms with Crippen molar-refractivity contribution >= 4 is 5.69 Å². The SMILES string of the molecule is CO[C@@]1(C)C(C)(C)[C@@H](c2ccc([N+](=O)[O-])cc2)C1(C#N)C#N. The third kappa shape index (κ3) is 1.62. The van der Waals surface area contributed by atoms with Crippen LogP contribution in [-0.4, -0.2) is 17.6 Å². The molecule has 1 saturated carbocycles. The van der Waals surface area contributed by atoms with Crippen molar-refractivity contribution in [1.82, 2.24) is 0 Å². The fourth-order valence-corrected chi connectivity index (χ4v) is 3.77. The highest BCUT2D eigenvalue weighted by Gasteiger charge is 2.76. The Bertz CT molecular complexity index is 683. The number of hydrogen-bond acceptors (Lipinski definition) is 5. The molecule has 1 aliphatic rings. The lowest BCUT2D eigenvalue weighted by atomic mass is 9.37. The molecule has 0 radical (unpaired) electrons. The Morgan fingerprint density at radius 2 is 1.68 bits per heavy atom. The van der Waals surface area contributed by atoms with Gasteiger partial charge in [-0.15, -0.1) is 0 Å². The van der Waals surface area contributed by atoms with Gasteiger partial charge in [-0.3, -0.25) is 10.1 Å². The van der Waals surface area contributed by atoms with Crippen molar-refractivity contribution in [2.24, 2.45) is 10.8 Å². The highest BCUT2D eigenvalue weighted by molar-refractivity contribution is 5.48. The maximum Gasteiger partial charge on any atom is 0.269 e. The second kappa shape index (κ2) is 4.79. The molecule has 2 rings (SSSR count). The Labute approximate surface area is 129 Å². The van der Waals surface area contributed by atoms with Gasteiger partial charge >= 0.3 is 0 Å². The summed E-state index contributed by atoms with van der Waals surface area (Å²) >= 11 is 0. The summed E-state index contributed by atoms with van der Waals surface area (Å²) in [4.78, 5) is 10.3. The number of nitro benzene ring substituents is 1. The summed E-state index contributed by atoms with van der Waals surface area (Å²) in [6.07, 6.45) is 0. The summed E-state index contributed by atoms with van der Waals surface area (Å²) in [5.74, 6) is -0.388. The highest BCUT2D eigenvalue weighted by Crippen LogP contribution is 2.71. The van der Waals surface area contributed by atoms with E-state index in [1.807, 2.05) is 13.8 Å². The average molecular weight is 299 g/mol. The predicted octanol–water partition coefficient (Wildman–Crippen LogP) is 3.16. The molecule has 114 valence electrons. The molecule has 1 aromatic carbocycles. The van der Waals surface area contributed by atoms with E-state index in [1.165, 1.54) is 19.2 Å². The molecule has 0 aliphatic heterocycles. The number of nitro groups is 1. The van der Waals surface area contributed by atoms with E-state index in [2.05, 4.69) is 12.1 Å². The molecule has 6 heteroatoms. The van der Waals surface area contributed by atoms with E-state index in [1.54, 1.807) is 19.1 Å². The van der Waals surface area contributed by atoms with Gasteiger partial charge in [0.15, 0.2) is 5.41 Å². The van der Waals surface area contributed by atoms with E-state index in [0.717, 1.165) is 5.56 Å². The average Bonchev–Trinajstić information content (AvgIpc) is 2.51. The number of hydrogen-bond donors (Lipinski definition) is 0. The number of nitriles is 2. The number of benzene rings is 1. The van der Waals surface area contributed by atoms with Gasteiger partial charge in [0.2, 0.25) is 0 Å². The number of rotatable bonds is 3. The zero-order valence-corrected chi connectivity index (χ0v) is 13.0. The second-order valence-corrected chi connectivity index (χ2v) is 6.27. The predicted molar refractivity (Wildman–Crippen MR) is 78.7 cm³/mol. The monoisotopic (exact) mass is 299 g/mol. The third-order valence-electron chi connectivity index (χ3n) is 5.33. The van der Waals surface area contributed by atoms with Crippen LogP contribution in [0.1, 0.15) is 32.3 Å². The van der Waals surface area contributed by atoms with E-state index in [-0.39, 0.29) is 11.6 Å². The number of non-ortho nitro benzene ring substituents is 1. The topological polar surface area (TPSA) is 99.9 Å². The van der Waals surface area contributed by atoms with Crippen molar-refractivity contribution in [1.29, 1.82) is 10.5 Å². The number of methoxy groups -OCH3 is 1. The van der Waals surface area contributed by atoms with Crippen LogP contribution in [0, 0.1) is 43.6 Å². The van der Waals surface area contributed by atoms with E-state index in [0.29, 0.717) is 0 Å². The fraction of sp³-hybridized carbons (Fsp3) is 0.500. The first-order valence-corrected chi connectivity index (χ1v) is 6.84. The van der Waals surface area contributed by atoms with Gasteiger partial charge in [-0.05, 0) is 12.5 Å². The molecule has 22 heavy (non-hydrogen) atoms. The van der Waals surface area contributed by atoms with Crippen molar-refractivity contribution < 1.29 is 9.66 Å². The van der Waals surface area contributed by atoms with Crippen LogP contribution in [0.15, 0.2) is 24.3 Å². The molecule has 0 N–H and O–H groups in total. The van der Waals surface area contributed by atoms with Gasteiger partial charge in [0.05, 0.1) is 17.1 Å². The maximum atomic E-state index is 10.8. The maximum absolute atomic E-state index is 10.8. The first-order chi connectivity index (χ1) is 10.2. The van der Waals surface area contributed by atoms with Crippen LogP contribution in [0.25, 0.3) is 0 Å². The summed E-state index contributed by atoms with van der Waals surface area (Å²) in [6, 6.07) is 10.3. The van der Waals surface area contributed by atoms with Gasteiger partial charge in [-0.1, -0.05) is 26.0 Å². The van der Waals surface area contributed by atoms with E-state index < -0.39 is 21.4 Å². The largest absolute Gasteiger partial charge is 0.375 e. The molecule has 2 atom stereocenters. The number of nitrogens with zero attached hydrogens (tertiary/aromatic N) is 3. The minimum absolute atomic E-state index is 0.0186. The summed E-state index contributed by atoms with van der Waals surface area (Å²) in [5, 5.41) is 30.1. The lowest BCUT2D eigenvalue weighted by Gasteiger charge is -2.66. The lowest BCUT2D eigenvalue weighted by Crippen LogP contribution is -2.72. The standard InChI is InChI=1S/C16H17N3O3/c1-14(2)13(11-5-7-12(8-6-11)19(20)21)16(9-17,10-18)15(14,3)22-4/h5-8,13H,1-4H3/t13-,15+/m1/s1. The molecule has 1 aliphatic carbocycles. The third-order valence-corrected chi connectivity index (χ3v) is 5.33. The van der Waals surface area contributed by atoms with Crippen LogP contribution in [0.5, 0.6) is 0 Å². The van der Waals surface area contributed by atoms with Crippen molar-refractivity contribution in [2.45, 2.75) is 32.3 Å². The van der Waals surface area contributed by atoms with Crippen molar-refractivity contribution in [2.75, 3.05) is 7.11 Å². The van der Waals surface area contributed by atoms with Gasteiger partial charge < -0.3 is 4.74 Å². The first kappa shape index (κ1) is 15.9. The smallest absolute Gasteiger partial charge is 0.269 e. The van der Waals surface area contributed by atoms with E-state index >= 15 is 0 Å². The Morgan fingerprint density at radius 3 is 2.05 bits per heavy atom. The molecular formula is C16H17N3O3. The Hall–Kier alpha value is -2.44. The summed E-state index contributed by atoms with van der Waals surface area (Å²) in [5.41, 5.74) is -2.01. The molecule has 0 bridgehead atoms. The van der Waals surface area contributed by atoms with Gasteiger partial charge in [0.25, 0.3) is 5.69 Å². The molecule has 0 aromatic heterocycles. The van der Waals surface area contributed by atoms with Gasteiger partial charge in [-0.25, -0.2) is 0 Å². The normalized spacial score (nSPS) is 28.0. The molecule has 0 saturated heterocycles. The minimum atomic E-state index is -1.33. The van der Waals surface area contributed by atoms with Crippen LogP contribution < -0.4 is 0 Å². The molecule has 0 amide bonds. The molecule has 0 spiro atoms. The van der Waals surface area contributed by atoms with Crippen LogP contribution in [0.2, 0.25) is 0 Å². The quantitative estimate of drug-likeness (QED) is 0.630. The van der Waals surface area contributed by atoms with Crippen molar-refractivity contribution in [3.8, 4) is 12.1 Å². The van der Waals surface area contributed by atoms with Crippen molar-refractivity contribution in [3.05, 3.63) is 39.9 Å². The highest BCUT2D eigenvalue weighted by atomic mass is 16.6. The van der Waals surface area contributed by atoms with Crippen LogP contribution >= 0.6 is 0 Å². The number of ether oxygens (including phenoxy) is 1. The first-order valence-electron chi connectivity index (χ1n) is 6.84. The second-order valence-electron chi connectivity index (χ2n) is 6.27. The Kier molecular flexibility index (Phi) is 3.47. The van der Waals surface area contributed by atoms with Crippen LogP contribution in [0.4, 0.5) is 5.69 Å². The lowest BCUT2D eigenvalue weighted by molar-refractivity contribution is -0.384. The summed E-state index contributed by atoms with van der Waals surface area (Å²) < 4.78 is 5.55. The Morgan fingerprint density at radius 1 is 1.18 bits per heavy atom. The van der Waals surface area contributed by atoms with Crippen LogP contribution in [0.3, 0.4) is 0 Å². The molecule has 6 nitrogen and oxygen atoms in total. The van der Waals surface area contributed by atoms with Gasteiger partial charge in [0.1, 0.15) is 5.60 Å².